The summed E-state index contributed by atoms with van der Waals surface area (Å²) in [6.07, 6.45) is 3.90. The number of carbonyl (C=O) groups is 1. The van der Waals surface area contributed by atoms with E-state index in [1.54, 1.807) is 16.9 Å². The Morgan fingerprint density at radius 1 is 0.795 bits per heavy atom. The van der Waals surface area contributed by atoms with Crippen LogP contribution in [0, 0.1) is 0 Å². The zero-order valence-corrected chi connectivity index (χ0v) is 22.1. The van der Waals surface area contributed by atoms with Crippen molar-refractivity contribution >= 4 is 33.3 Å². The van der Waals surface area contributed by atoms with Gasteiger partial charge >= 0.3 is 0 Å². The van der Waals surface area contributed by atoms with Gasteiger partial charge in [-0.1, -0.05) is 54.6 Å². The van der Waals surface area contributed by atoms with Gasteiger partial charge in [-0.05, 0) is 55.3 Å². The first-order valence-corrected chi connectivity index (χ1v) is 13.8. The van der Waals surface area contributed by atoms with Gasteiger partial charge in [-0.3, -0.25) is 14.5 Å². The molecule has 198 valence electrons. The van der Waals surface area contributed by atoms with E-state index in [1.165, 1.54) is 5.69 Å². The highest BCUT2D eigenvalue weighted by Crippen LogP contribution is 2.26. The van der Waals surface area contributed by atoms with E-state index in [9.17, 15) is 9.59 Å². The number of fused-ring (bicyclic) bond motifs is 3. The molecule has 6 rings (SSSR count). The molecule has 0 amide bonds. The zero-order valence-electron chi connectivity index (χ0n) is 22.1. The number of hydrogen-bond donors (Lipinski definition) is 0. The van der Waals surface area contributed by atoms with Crippen LogP contribution in [-0.2, 0) is 6.54 Å². The number of hydrogen-bond acceptors (Lipinski definition) is 5. The third-order valence-electron chi connectivity index (χ3n) is 7.80. The van der Waals surface area contributed by atoms with Gasteiger partial charge in [0.05, 0.1) is 23.7 Å². The molecular formula is C33H33N3O3. The van der Waals surface area contributed by atoms with E-state index < -0.39 is 0 Å². The summed E-state index contributed by atoms with van der Waals surface area (Å²) in [5.74, 6) is 0.115. The van der Waals surface area contributed by atoms with Crippen molar-refractivity contribution in [3.05, 3.63) is 113 Å². The molecule has 0 spiro atoms. The fourth-order valence-electron chi connectivity index (χ4n) is 5.62. The van der Waals surface area contributed by atoms with E-state index in [0.717, 1.165) is 62.0 Å². The molecular weight excluding hydrogens is 486 g/mol. The maximum Gasteiger partial charge on any atom is 0.262 e. The van der Waals surface area contributed by atoms with Crippen molar-refractivity contribution < 1.29 is 9.21 Å². The lowest BCUT2D eigenvalue weighted by atomic mass is 10.0. The highest BCUT2D eigenvalue weighted by atomic mass is 16.3. The summed E-state index contributed by atoms with van der Waals surface area (Å²) in [5, 5.41) is 1.40. The van der Waals surface area contributed by atoms with E-state index >= 15 is 0 Å². The Kier molecular flexibility index (Phi) is 7.28. The van der Waals surface area contributed by atoms with Crippen LogP contribution < -0.4 is 10.5 Å². The van der Waals surface area contributed by atoms with Crippen molar-refractivity contribution in [3.8, 4) is 0 Å². The minimum Gasteiger partial charge on any atom is -0.463 e. The van der Waals surface area contributed by atoms with Gasteiger partial charge in [0, 0.05) is 49.2 Å². The van der Waals surface area contributed by atoms with Crippen LogP contribution in [0.1, 0.15) is 35.2 Å². The van der Waals surface area contributed by atoms with E-state index in [1.807, 2.05) is 48.5 Å². The van der Waals surface area contributed by atoms with Crippen molar-refractivity contribution in [3.63, 3.8) is 0 Å². The lowest BCUT2D eigenvalue weighted by Gasteiger charge is -2.36. The molecule has 3 aromatic carbocycles. The van der Waals surface area contributed by atoms with E-state index in [-0.39, 0.29) is 11.3 Å². The first kappa shape index (κ1) is 25.1. The number of carbonyl (C=O) groups excluding carboxylic acids is 1. The molecule has 0 N–H and O–H groups in total. The number of ketones is 1. The third-order valence-corrected chi connectivity index (χ3v) is 7.80. The quantitative estimate of drug-likeness (QED) is 0.177. The first-order chi connectivity index (χ1) is 19.2. The third kappa shape index (κ3) is 5.38. The zero-order chi connectivity index (χ0) is 26.6. The molecule has 2 aromatic heterocycles. The highest BCUT2D eigenvalue weighted by Gasteiger charge is 2.18. The number of furan rings is 1. The number of benzene rings is 3. The highest BCUT2D eigenvalue weighted by molar-refractivity contribution is 6.06. The SMILES string of the molecule is O=C(CCCCN1CCN(c2ccccc2)CC1)c1ccc2c3occc3c(=O)n(Cc3ccccc3)c2c1. The van der Waals surface area contributed by atoms with Crippen LogP contribution in [-0.4, -0.2) is 48.0 Å². The standard InChI is InChI=1S/C33H33N3O3/c37-31(13-7-8-17-34-18-20-35(21-19-34)27-11-5-2-6-12-27)26-14-15-28-30(23-26)36(24-25-9-3-1-4-10-25)33(38)29-16-22-39-32(28)29/h1-6,9-12,14-16,22-23H,7-8,13,17-21,24H2. The van der Waals surface area contributed by atoms with Crippen molar-refractivity contribution in [1.29, 1.82) is 0 Å². The lowest BCUT2D eigenvalue weighted by molar-refractivity contribution is 0.0978. The van der Waals surface area contributed by atoms with Crippen molar-refractivity contribution in [1.82, 2.24) is 9.47 Å². The molecule has 1 saturated heterocycles. The number of rotatable bonds is 9. The van der Waals surface area contributed by atoms with Gasteiger partial charge < -0.3 is 13.9 Å². The Balaban J connectivity index is 1.11. The molecule has 0 bridgehead atoms. The maximum atomic E-state index is 13.4. The summed E-state index contributed by atoms with van der Waals surface area (Å²) >= 11 is 0. The molecule has 0 unspecified atom stereocenters. The molecule has 39 heavy (non-hydrogen) atoms. The monoisotopic (exact) mass is 519 g/mol. The topological polar surface area (TPSA) is 58.7 Å². The number of pyridine rings is 1. The van der Waals surface area contributed by atoms with E-state index in [4.69, 9.17) is 4.42 Å². The minimum absolute atomic E-state index is 0.105. The average Bonchev–Trinajstić information content (AvgIpc) is 3.49. The van der Waals surface area contributed by atoms with Gasteiger partial charge in [0.15, 0.2) is 5.78 Å². The molecule has 0 atom stereocenters. The molecule has 5 aromatic rings. The molecule has 3 heterocycles. The molecule has 1 fully saturated rings. The van der Waals surface area contributed by atoms with Crippen molar-refractivity contribution in [2.24, 2.45) is 0 Å². The summed E-state index contributed by atoms with van der Waals surface area (Å²) in [4.78, 5) is 31.5. The van der Waals surface area contributed by atoms with Crippen LogP contribution in [0.5, 0.6) is 0 Å². The Hall–Kier alpha value is -4.16. The number of Topliss-reactive ketones (excluding diaryl/α,β-unsaturated/α-hetero) is 1. The van der Waals surface area contributed by atoms with Gasteiger partial charge in [-0.25, -0.2) is 0 Å². The van der Waals surface area contributed by atoms with Crippen molar-refractivity contribution in [2.75, 3.05) is 37.6 Å². The van der Waals surface area contributed by atoms with Crippen LogP contribution in [0.2, 0.25) is 0 Å². The fraction of sp³-hybridized carbons (Fsp3) is 0.273. The molecule has 1 aliphatic heterocycles. The van der Waals surface area contributed by atoms with E-state index in [0.29, 0.717) is 29.5 Å². The van der Waals surface area contributed by atoms with Crippen LogP contribution in [0.25, 0.3) is 21.9 Å². The lowest BCUT2D eigenvalue weighted by Crippen LogP contribution is -2.46. The fourth-order valence-corrected chi connectivity index (χ4v) is 5.62. The average molecular weight is 520 g/mol. The Morgan fingerprint density at radius 3 is 2.31 bits per heavy atom. The second-order valence-electron chi connectivity index (χ2n) is 10.3. The van der Waals surface area contributed by atoms with Gasteiger partial charge in [-0.2, -0.15) is 0 Å². The van der Waals surface area contributed by atoms with Gasteiger partial charge in [0.25, 0.3) is 5.56 Å². The molecule has 6 heteroatoms. The van der Waals surface area contributed by atoms with Crippen LogP contribution in [0.4, 0.5) is 5.69 Å². The van der Waals surface area contributed by atoms with Gasteiger partial charge in [0.2, 0.25) is 0 Å². The Labute approximate surface area is 228 Å². The summed E-state index contributed by atoms with van der Waals surface area (Å²) in [7, 11) is 0. The predicted molar refractivity (Wildman–Crippen MR) is 157 cm³/mol. The largest absolute Gasteiger partial charge is 0.463 e. The first-order valence-electron chi connectivity index (χ1n) is 13.8. The molecule has 0 saturated carbocycles. The number of para-hydroxylation sites is 1. The van der Waals surface area contributed by atoms with Crippen molar-refractivity contribution in [2.45, 2.75) is 25.8 Å². The second-order valence-corrected chi connectivity index (χ2v) is 10.3. The minimum atomic E-state index is -0.105. The molecule has 6 nitrogen and oxygen atoms in total. The van der Waals surface area contributed by atoms with Gasteiger partial charge in [-0.15, -0.1) is 0 Å². The summed E-state index contributed by atoms with van der Waals surface area (Å²) in [6.45, 7) is 5.62. The molecule has 0 aliphatic carbocycles. The molecule has 0 radical (unpaired) electrons. The second kappa shape index (κ2) is 11.3. The number of anilines is 1. The van der Waals surface area contributed by atoms with Crippen LogP contribution in [0.15, 0.2) is 100 Å². The number of piperazine rings is 1. The predicted octanol–water partition coefficient (Wildman–Crippen LogP) is 5.97. The smallest absolute Gasteiger partial charge is 0.262 e. The Morgan fingerprint density at radius 2 is 1.54 bits per heavy atom. The summed E-state index contributed by atoms with van der Waals surface area (Å²) in [5.41, 5.74) is 4.17. The normalized spacial score (nSPS) is 14.3. The summed E-state index contributed by atoms with van der Waals surface area (Å²) in [6, 6.07) is 27.9. The number of aromatic nitrogens is 1. The maximum absolute atomic E-state index is 13.4. The Bertz CT molecular complexity index is 1630. The molecule has 1 aliphatic rings. The number of unbranched alkanes of at least 4 members (excludes halogenated alkanes) is 1. The van der Waals surface area contributed by atoms with E-state index in [2.05, 4.69) is 40.1 Å². The van der Waals surface area contributed by atoms with Gasteiger partial charge in [0.1, 0.15) is 5.58 Å². The number of nitrogens with zero attached hydrogens (tertiary/aromatic N) is 3. The summed E-state index contributed by atoms with van der Waals surface area (Å²) < 4.78 is 7.44. The van der Waals surface area contributed by atoms with Crippen LogP contribution >= 0.6 is 0 Å². The van der Waals surface area contributed by atoms with Crippen LogP contribution in [0.3, 0.4) is 0 Å².